The molecule has 0 saturated heterocycles. The summed E-state index contributed by atoms with van der Waals surface area (Å²) in [7, 11) is 0. The average Bonchev–Trinajstić information content (AvgIpc) is 2.34. The second-order valence-electron chi connectivity index (χ2n) is 4.08. The lowest BCUT2D eigenvalue weighted by Gasteiger charge is -2.10. The van der Waals surface area contributed by atoms with Crippen LogP contribution < -0.4 is 11.1 Å². The van der Waals surface area contributed by atoms with Gasteiger partial charge in [-0.15, -0.1) is 0 Å². The molecule has 0 aromatic heterocycles. The summed E-state index contributed by atoms with van der Waals surface area (Å²) in [6, 6.07) is 9.51. The maximum Gasteiger partial charge on any atom is 0.165 e. The number of nitrogen functional groups attached to an aromatic ring is 1. The third-order valence-corrected chi connectivity index (χ3v) is 2.95. The van der Waals surface area contributed by atoms with Gasteiger partial charge in [-0.1, -0.05) is 17.7 Å². The Morgan fingerprint density at radius 1 is 1.32 bits per heavy atom. The van der Waals surface area contributed by atoms with Gasteiger partial charge in [-0.25, -0.2) is 4.39 Å². The van der Waals surface area contributed by atoms with Crippen LogP contribution in [0, 0.1) is 5.82 Å². The second kappa shape index (κ2) is 5.28. The summed E-state index contributed by atoms with van der Waals surface area (Å²) in [5, 5.41) is 2.91. The van der Waals surface area contributed by atoms with Gasteiger partial charge in [-0.2, -0.15) is 0 Å². The number of hydrogen-bond donors (Lipinski definition) is 2. The largest absolute Gasteiger partial charge is 0.398 e. The molecule has 0 aliphatic carbocycles. The van der Waals surface area contributed by atoms with Crippen LogP contribution in [0.25, 0.3) is 0 Å². The molecule has 0 aliphatic rings. The van der Waals surface area contributed by atoms with Crippen molar-refractivity contribution in [1.29, 1.82) is 0 Å². The fraction of sp³-hybridized carbons (Fsp3) is 0.0714. The summed E-state index contributed by atoms with van der Waals surface area (Å²) in [5.41, 5.74) is 7.39. The topological polar surface area (TPSA) is 55.1 Å². The Kier molecular flexibility index (Phi) is 3.71. The maximum absolute atomic E-state index is 13.7. The number of rotatable bonds is 3. The monoisotopic (exact) mass is 278 g/mol. The van der Waals surface area contributed by atoms with E-state index in [-0.39, 0.29) is 16.5 Å². The zero-order valence-corrected chi connectivity index (χ0v) is 11.0. The predicted molar refractivity (Wildman–Crippen MR) is 75.6 cm³/mol. The molecule has 0 atom stereocenters. The number of nitrogens with two attached hydrogens (primary N) is 1. The molecule has 0 aliphatic heterocycles. The zero-order chi connectivity index (χ0) is 14.0. The Balaban J connectivity index is 2.32. The van der Waals surface area contributed by atoms with E-state index in [2.05, 4.69) is 5.32 Å². The van der Waals surface area contributed by atoms with Crippen LogP contribution >= 0.6 is 11.6 Å². The van der Waals surface area contributed by atoms with Crippen molar-refractivity contribution >= 4 is 34.4 Å². The first-order valence-corrected chi connectivity index (χ1v) is 5.98. The van der Waals surface area contributed by atoms with E-state index in [1.54, 1.807) is 30.3 Å². The standard InChI is InChI=1S/C14H12ClFN2O/c1-8(19)10-6-5-9(7-12(10)17)18-13-4-2-3-11(15)14(13)16/h2-7,18H,17H2,1H3. The van der Waals surface area contributed by atoms with Gasteiger partial charge in [0.25, 0.3) is 0 Å². The Morgan fingerprint density at radius 3 is 2.68 bits per heavy atom. The molecule has 0 bridgehead atoms. The van der Waals surface area contributed by atoms with Crippen molar-refractivity contribution in [2.75, 3.05) is 11.1 Å². The first-order chi connectivity index (χ1) is 8.99. The molecule has 0 radical (unpaired) electrons. The van der Waals surface area contributed by atoms with E-state index < -0.39 is 5.82 Å². The molecule has 0 saturated carbocycles. The van der Waals surface area contributed by atoms with Gasteiger partial charge in [-0.3, -0.25) is 4.79 Å². The van der Waals surface area contributed by atoms with Crippen LogP contribution in [0.1, 0.15) is 17.3 Å². The van der Waals surface area contributed by atoms with Gasteiger partial charge < -0.3 is 11.1 Å². The van der Waals surface area contributed by atoms with Crippen molar-refractivity contribution in [2.24, 2.45) is 0 Å². The van der Waals surface area contributed by atoms with E-state index in [1.165, 1.54) is 13.0 Å². The lowest BCUT2D eigenvalue weighted by atomic mass is 10.1. The number of anilines is 3. The summed E-state index contributed by atoms with van der Waals surface area (Å²) in [5.74, 6) is -0.642. The van der Waals surface area contributed by atoms with E-state index in [0.29, 0.717) is 16.9 Å². The molecule has 0 fully saturated rings. The van der Waals surface area contributed by atoms with Gasteiger partial charge >= 0.3 is 0 Å². The van der Waals surface area contributed by atoms with Crippen LogP contribution in [0.5, 0.6) is 0 Å². The number of nitrogens with one attached hydrogen (secondary N) is 1. The van der Waals surface area contributed by atoms with E-state index in [4.69, 9.17) is 17.3 Å². The molecule has 2 aromatic carbocycles. The third-order valence-electron chi connectivity index (χ3n) is 2.66. The quantitative estimate of drug-likeness (QED) is 0.659. The Morgan fingerprint density at radius 2 is 2.05 bits per heavy atom. The van der Waals surface area contributed by atoms with Gasteiger partial charge in [0.2, 0.25) is 0 Å². The van der Waals surface area contributed by atoms with Crippen molar-refractivity contribution in [3.63, 3.8) is 0 Å². The lowest BCUT2D eigenvalue weighted by Crippen LogP contribution is -2.01. The van der Waals surface area contributed by atoms with Crippen LogP contribution in [-0.4, -0.2) is 5.78 Å². The van der Waals surface area contributed by atoms with Crippen molar-refractivity contribution < 1.29 is 9.18 Å². The SMILES string of the molecule is CC(=O)c1ccc(Nc2cccc(Cl)c2F)cc1N. The van der Waals surface area contributed by atoms with Gasteiger partial charge in [0.1, 0.15) is 0 Å². The highest BCUT2D eigenvalue weighted by molar-refractivity contribution is 6.31. The second-order valence-corrected chi connectivity index (χ2v) is 4.49. The normalized spacial score (nSPS) is 10.3. The molecule has 98 valence electrons. The minimum absolute atomic E-state index is 0.0401. The fourth-order valence-corrected chi connectivity index (χ4v) is 1.89. The van der Waals surface area contributed by atoms with Crippen LogP contribution in [-0.2, 0) is 0 Å². The molecule has 2 rings (SSSR count). The van der Waals surface area contributed by atoms with Gasteiger partial charge in [0.15, 0.2) is 11.6 Å². The molecule has 0 spiro atoms. The van der Waals surface area contributed by atoms with Gasteiger partial charge in [0.05, 0.1) is 10.7 Å². The van der Waals surface area contributed by atoms with Crippen LogP contribution in [0.15, 0.2) is 36.4 Å². The minimum Gasteiger partial charge on any atom is -0.398 e. The lowest BCUT2D eigenvalue weighted by molar-refractivity contribution is 0.101. The molecule has 0 amide bonds. The highest BCUT2D eigenvalue weighted by atomic mass is 35.5. The van der Waals surface area contributed by atoms with Crippen molar-refractivity contribution in [1.82, 2.24) is 0 Å². The number of ketones is 1. The fourth-order valence-electron chi connectivity index (χ4n) is 1.72. The minimum atomic E-state index is -0.529. The van der Waals surface area contributed by atoms with Crippen molar-refractivity contribution in [3.8, 4) is 0 Å². The Hall–Kier alpha value is -2.07. The number of hydrogen-bond acceptors (Lipinski definition) is 3. The number of benzene rings is 2. The molecular formula is C14H12ClFN2O. The van der Waals surface area contributed by atoms with E-state index in [9.17, 15) is 9.18 Å². The molecule has 3 N–H and O–H groups in total. The molecule has 0 heterocycles. The predicted octanol–water partition coefficient (Wildman–Crippen LogP) is 4.01. The molecule has 0 unspecified atom stereocenters. The summed E-state index contributed by atoms with van der Waals surface area (Å²) >= 11 is 5.69. The first kappa shape index (κ1) is 13.4. The Labute approximate surface area is 115 Å². The summed E-state index contributed by atoms with van der Waals surface area (Å²) < 4.78 is 13.7. The smallest absolute Gasteiger partial charge is 0.165 e. The van der Waals surface area contributed by atoms with Crippen molar-refractivity contribution in [3.05, 3.63) is 52.8 Å². The van der Waals surface area contributed by atoms with Crippen LogP contribution in [0.4, 0.5) is 21.5 Å². The van der Waals surface area contributed by atoms with E-state index in [1.807, 2.05) is 0 Å². The molecule has 3 nitrogen and oxygen atoms in total. The summed E-state index contributed by atoms with van der Waals surface area (Å²) in [6.45, 7) is 1.44. The number of halogens is 2. The Bertz CT molecular complexity index is 643. The van der Waals surface area contributed by atoms with Crippen molar-refractivity contribution in [2.45, 2.75) is 6.92 Å². The maximum atomic E-state index is 13.7. The molecule has 19 heavy (non-hydrogen) atoms. The highest BCUT2D eigenvalue weighted by Crippen LogP contribution is 2.27. The summed E-state index contributed by atoms with van der Waals surface area (Å²) in [4.78, 5) is 11.3. The van der Waals surface area contributed by atoms with Crippen LogP contribution in [0.3, 0.4) is 0 Å². The molecule has 2 aromatic rings. The van der Waals surface area contributed by atoms with Gasteiger partial charge in [0, 0.05) is 16.9 Å². The average molecular weight is 279 g/mol. The third kappa shape index (κ3) is 2.85. The van der Waals surface area contributed by atoms with Crippen LogP contribution in [0.2, 0.25) is 5.02 Å². The number of Topliss-reactive ketones (excluding diaryl/α,β-unsaturated/α-hetero) is 1. The zero-order valence-electron chi connectivity index (χ0n) is 10.2. The van der Waals surface area contributed by atoms with E-state index >= 15 is 0 Å². The van der Waals surface area contributed by atoms with Gasteiger partial charge in [-0.05, 0) is 37.3 Å². The number of carbonyl (C=O) groups is 1. The first-order valence-electron chi connectivity index (χ1n) is 5.60. The van der Waals surface area contributed by atoms with E-state index in [0.717, 1.165) is 0 Å². The summed E-state index contributed by atoms with van der Waals surface area (Å²) in [6.07, 6.45) is 0. The highest BCUT2D eigenvalue weighted by Gasteiger charge is 2.08. The molecule has 5 heteroatoms. The molecular weight excluding hydrogens is 267 g/mol. The number of carbonyl (C=O) groups excluding carboxylic acids is 1.